The molecule has 0 bridgehead atoms. The van der Waals surface area contributed by atoms with Crippen molar-refractivity contribution < 1.29 is 26.6 Å². The van der Waals surface area contributed by atoms with Gasteiger partial charge in [0.05, 0.1) is 7.11 Å². The van der Waals surface area contributed by atoms with Gasteiger partial charge in [-0.15, -0.1) is 6.58 Å². The highest BCUT2D eigenvalue weighted by molar-refractivity contribution is 7.81. The van der Waals surface area contributed by atoms with Gasteiger partial charge < -0.3 is 8.92 Å². The van der Waals surface area contributed by atoms with Crippen LogP contribution in [0.25, 0.3) is 0 Å². The van der Waals surface area contributed by atoms with Crippen molar-refractivity contribution in [2.24, 2.45) is 0 Å². The molecule has 0 spiro atoms. The van der Waals surface area contributed by atoms with E-state index >= 15 is 0 Å². The van der Waals surface area contributed by atoms with Gasteiger partial charge in [-0.3, -0.25) is 9.26 Å². The van der Waals surface area contributed by atoms with Gasteiger partial charge in [-0.05, 0) is 24.1 Å². The maximum atomic E-state index is 10.5. The average Bonchev–Trinajstić information content (AvgIpc) is 2.18. The van der Waals surface area contributed by atoms with Crippen LogP contribution >= 0.6 is 0 Å². The van der Waals surface area contributed by atoms with Gasteiger partial charge >= 0.3 is 10.4 Å². The number of hydrogen-bond acceptors (Lipinski definition) is 4. The number of ether oxygens (including phenoxy) is 1. The molecule has 0 saturated carbocycles. The van der Waals surface area contributed by atoms with Crippen LogP contribution < -0.4 is 8.92 Å². The monoisotopic (exact) mass is 264 g/mol. The lowest BCUT2D eigenvalue weighted by Crippen LogP contribution is -2.07. The van der Waals surface area contributed by atoms with Gasteiger partial charge in [-0.2, -0.15) is 8.42 Å². The normalized spacial score (nSPS) is 10.2. The Morgan fingerprint density at radius 2 is 2.06 bits per heavy atom. The molecular formula is C10H13FO5S. The Bertz CT molecular complexity index is 483. The molecule has 0 aliphatic rings. The Balaban J connectivity index is 0.00000256. The molecule has 17 heavy (non-hydrogen) atoms. The molecule has 96 valence electrons. The van der Waals surface area contributed by atoms with Crippen LogP contribution in [0, 0.1) is 0 Å². The van der Waals surface area contributed by atoms with Crippen LogP contribution in [-0.2, 0) is 16.8 Å². The van der Waals surface area contributed by atoms with E-state index in [-0.39, 0.29) is 16.2 Å². The summed E-state index contributed by atoms with van der Waals surface area (Å²) in [5.74, 6) is 0.176. The predicted octanol–water partition coefficient (Wildman–Crippen LogP) is 1.76. The van der Waals surface area contributed by atoms with Gasteiger partial charge in [0.25, 0.3) is 0 Å². The zero-order valence-electron chi connectivity index (χ0n) is 9.12. The van der Waals surface area contributed by atoms with Crippen molar-refractivity contribution in [3.63, 3.8) is 0 Å². The average molecular weight is 264 g/mol. The molecule has 0 atom stereocenters. The van der Waals surface area contributed by atoms with Crippen molar-refractivity contribution in [2.45, 2.75) is 6.42 Å². The molecular weight excluding hydrogens is 251 g/mol. The highest BCUT2D eigenvalue weighted by atomic mass is 32.3. The molecule has 1 aromatic rings. The van der Waals surface area contributed by atoms with E-state index in [1.54, 1.807) is 18.2 Å². The van der Waals surface area contributed by atoms with Crippen LogP contribution in [0.15, 0.2) is 30.9 Å². The summed E-state index contributed by atoms with van der Waals surface area (Å²) in [7, 11) is -3.16. The first-order valence-electron chi connectivity index (χ1n) is 4.41. The summed E-state index contributed by atoms with van der Waals surface area (Å²) in [6.07, 6.45) is 2.33. The van der Waals surface area contributed by atoms with Gasteiger partial charge in [0, 0.05) is 0 Å². The quantitative estimate of drug-likeness (QED) is 0.648. The van der Waals surface area contributed by atoms with Gasteiger partial charge in [-0.25, -0.2) is 0 Å². The lowest BCUT2D eigenvalue weighted by atomic mass is 10.1. The summed E-state index contributed by atoms with van der Waals surface area (Å²) >= 11 is 0. The molecule has 0 aromatic heterocycles. The molecule has 0 unspecified atom stereocenters. The Hall–Kier alpha value is -1.60. The largest absolute Gasteiger partial charge is 0.493 e. The van der Waals surface area contributed by atoms with E-state index in [1.807, 2.05) is 0 Å². The maximum Gasteiger partial charge on any atom is 0.446 e. The second kappa shape index (κ2) is 6.21. The zero-order valence-corrected chi connectivity index (χ0v) is 9.94. The maximum absolute atomic E-state index is 10.5. The standard InChI is InChI=1S/C10H12O5S.FH/c1-3-4-8-5-6-9(10(7-8)14-2)15-16(11,12)13;/h3,5-7H,1,4H2,2H3,(H,11,12,13);1H. The fraction of sp³-hybridized carbons (Fsp3) is 0.200. The summed E-state index contributed by atoms with van der Waals surface area (Å²) in [4.78, 5) is 0. The Kier molecular flexibility index (Phi) is 5.63. The molecule has 0 amide bonds. The van der Waals surface area contributed by atoms with Crippen LogP contribution in [0.1, 0.15) is 5.56 Å². The molecule has 0 aliphatic heterocycles. The van der Waals surface area contributed by atoms with Crippen molar-refractivity contribution >= 4 is 10.4 Å². The van der Waals surface area contributed by atoms with Crippen molar-refractivity contribution in [2.75, 3.05) is 7.11 Å². The molecule has 0 radical (unpaired) electrons. The van der Waals surface area contributed by atoms with Crippen molar-refractivity contribution in [3.8, 4) is 11.5 Å². The molecule has 7 heteroatoms. The highest BCUT2D eigenvalue weighted by Crippen LogP contribution is 2.29. The second-order valence-corrected chi connectivity index (χ2v) is 4.01. The zero-order chi connectivity index (χ0) is 12.2. The van der Waals surface area contributed by atoms with E-state index in [1.165, 1.54) is 13.2 Å². The Labute approximate surface area is 99.0 Å². The molecule has 0 aliphatic carbocycles. The molecule has 0 heterocycles. The highest BCUT2D eigenvalue weighted by Gasteiger charge is 2.12. The number of hydrogen-bond donors (Lipinski definition) is 1. The summed E-state index contributed by atoms with van der Waals surface area (Å²) in [6.45, 7) is 3.59. The Morgan fingerprint density at radius 3 is 2.53 bits per heavy atom. The number of rotatable bonds is 5. The third kappa shape index (κ3) is 4.83. The topological polar surface area (TPSA) is 72.8 Å². The molecule has 1 aromatic carbocycles. The number of benzene rings is 1. The summed E-state index contributed by atoms with van der Waals surface area (Å²) in [5, 5.41) is 0. The number of allylic oxidation sites excluding steroid dienone is 1. The smallest absolute Gasteiger partial charge is 0.446 e. The van der Waals surface area contributed by atoms with Gasteiger partial charge in [-0.1, -0.05) is 12.1 Å². The van der Waals surface area contributed by atoms with Crippen LogP contribution in [0.5, 0.6) is 11.5 Å². The van der Waals surface area contributed by atoms with E-state index < -0.39 is 10.4 Å². The van der Waals surface area contributed by atoms with Crippen LogP contribution in [0.3, 0.4) is 0 Å². The number of methoxy groups -OCH3 is 1. The molecule has 0 fully saturated rings. The molecule has 1 N–H and O–H groups in total. The molecule has 1 rings (SSSR count). The molecule has 5 nitrogen and oxygen atoms in total. The van der Waals surface area contributed by atoms with Crippen LogP contribution in [0.2, 0.25) is 0 Å². The minimum absolute atomic E-state index is 0. The third-order valence-electron chi connectivity index (χ3n) is 1.80. The number of halogens is 1. The lowest BCUT2D eigenvalue weighted by molar-refractivity contribution is 0.360. The summed E-state index contributed by atoms with van der Waals surface area (Å²) in [5.41, 5.74) is 0.898. The van der Waals surface area contributed by atoms with Crippen molar-refractivity contribution in [1.82, 2.24) is 0 Å². The van der Waals surface area contributed by atoms with Gasteiger partial charge in [0.15, 0.2) is 11.5 Å². The first-order valence-corrected chi connectivity index (χ1v) is 5.77. The lowest BCUT2D eigenvalue weighted by Gasteiger charge is -2.08. The summed E-state index contributed by atoms with van der Waals surface area (Å²) in [6, 6.07) is 4.68. The fourth-order valence-corrected chi connectivity index (χ4v) is 1.55. The van der Waals surface area contributed by atoms with E-state index in [0.29, 0.717) is 6.42 Å². The first kappa shape index (κ1) is 15.4. The van der Waals surface area contributed by atoms with Gasteiger partial charge in [0.1, 0.15) is 0 Å². The minimum atomic E-state index is -4.54. The Morgan fingerprint density at radius 1 is 1.41 bits per heavy atom. The van der Waals surface area contributed by atoms with Gasteiger partial charge in [0.2, 0.25) is 0 Å². The second-order valence-electron chi connectivity index (χ2n) is 2.99. The first-order chi connectivity index (χ1) is 7.46. The third-order valence-corrected chi connectivity index (χ3v) is 2.19. The van der Waals surface area contributed by atoms with E-state index in [4.69, 9.17) is 9.29 Å². The minimum Gasteiger partial charge on any atom is -0.493 e. The van der Waals surface area contributed by atoms with Crippen LogP contribution in [0.4, 0.5) is 4.70 Å². The van der Waals surface area contributed by atoms with E-state index in [2.05, 4.69) is 10.8 Å². The van der Waals surface area contributed by atoms with E-state index in [9.17, 15) is 8.42 Å². The molecule has 0 saturated heterocycles. The van der Waals surface area contributed by atoms with Crippen LogP contribution in [-0.4, -0.2) is 20.1 Å². The fourth-order valence-electron chi connectivity index (χ4n) is 1.19. The van der Waals surface area contributed by atoms with Crippen molar-refractivity contribution in [3.05, 3.63) is 36.4 Å². The SMILES string of the molecule is C=CCc1ccc(OS(=O)(=O)O)c(OC)c1.F. The van der Waals surface area contributed by atoms with E-state index in [0.717, 1.165) is 5.56 Å². The predicted molar refractivity (Wildman–Crippen MR) is 61.6 cm³/mol. The summed E-state index contributed by atoms with van der Waals surface area (Å²) < 4.78 is 38.9. The van der Waals surface area contributed by atoms with Crippen molar-refractivity contribution in [1.29, 1.82) is 0 Å².